The largest absolute Gasteiger partial charge is 0.383 e. The highest BCUT2D eigenvalue weighted by molar-refractivity contribution is 7.99. The van der Waals surface area contributed by atoms with E-state index in [0.717, 1.165) is 11.4 Å². The van der Waals surface area contributed by atoms with Gasteiger partial charge in [0, 0.05) is 26.3 Å². The summed E-state index contributed by atoms with van der Waals surface area (Å²) in [6, 6.07) is 13.5. The second kappa shape index (κ2) is 10.2. The van der Waals surface area contributed by atoms with Crippen molar-refractivity contribution in [3.05, 3.63) is 65.2 Å². The second-order valence-corrected chi connectivity index (χ2v) is 7.18. The van der Waals surface area contributed by atoms with Gasteiger partial charge < -0.3 is 14.6 Å². The van der Waals surface area contributed by atoms with Crippen LogP contribution in [0.15, 0.2) is 53.8 Å². The number of hydrogen-bond donors (Lipinski definition) is 1. The van der Waals surface area contributed by atoms with Gasteiger partial charge in [0.2, 0.25) is 5.91 Å². The number of hydrogen-bond acceptors (Lipinski definition) is 6. The number of halogens is 1. The molecule has 0 spiro atoms. The molecular formula is C19H20ClN5O2S. The quantitative estimate of drug-likeness (QED) is 0.425. The normalized spacial score (nSPS) is 10.8. The highest BCUT2D eigenvalue weighted by Crippen LogP contribution is 2.21. The Morgan fingerprint density at radius 3 is 2.79 bits per heavy atom. The highest BCUT2D eigenvalue weighted by Gasteiger charge is 2.15. The molecule has 0 aliphatic heterocycles. The molecule has 0 aliphatic carbocycles. The van der Waals surface area contributed by atoms with Crippen molar-refractivity contribution in [2.24, 2.45) is 0 Å². The van der Waals surface area contributed by atoms with Gasteiger partial charge in [0.15, 0.2) is 10.3 Å². The van der Waals surface area contributed by atoms with Crippen molar-refractivity contribution in [3.63, 3.8) is 0 Å². The number of anilines is 1. The average molecular weight is 418 g/mol. The maximum Gasteiger partial charge on any atom is 0.234 e. The van der Waals surface area contributed by atoms with Gasteiger partial charge >= 0.3 is 0 Å². The van der Waals surface area contributed by atoms with Crippen LogP contribution in [-0.2, 0) is 22.5 Å². The Labute approximate surface area is 172 Å². The van der Waals surface area contributed by atoms with E-state index < -0.39 is 0 Å². The number of rotatable bonds is 9. The molecule has 0 saturated carbocycles. The first-order valence-corrected chi connectivity index (χ1v) is 10.0. The van der Waals surface area contributed by atoms with Gasteiger partial charge in [-0.2, -0.15) is 0 Å². The Morgan fingerprint density at radius 1 is 1.21 bits per heavy atom. The number of ether oxygens (including phenoxy) is 1. The molecule has 9 heteroatoms. The number of amides is 1. The molecule has 0 unspecified atom stereocenters. The molecule has 0 fully saturated rings. The van der Waals surface area contributed by atoms with E-state index in [0.29, 0.717) is 30.4 Å². The summed E-state index contributed by atoms with van der Waals surface area (Å²) in [7, 11) is 1.65. The second-order valence-electron chi connectivity index (χ2n) is 5.88. The smallest absolute Gasteiger partial charge is 0.234 e. The summed E-state index contributed by atoms with van der Waals surface area (Å²) < 4.78 is 7.20. The van der Waals surface area contributed by atoms with E-state index in [1.807, 2.05) is 34.9 Å². The van der Waals surface area contributed by atoms with Crippen LogP contribution >= 0.6 is 23.4 Å². The Morgan fingerprint density at radius 2 is 2.04 bits per heavy atom. The number of pyridine rings is 1. The van der Waals surface area contributed by atoms with E-state index in [9.17, 15) is 4.79 Å². The molecule has 2 aromatic heterocycles. The lowest BCUT2D eigenvalue weighted by molar-refractivity contribution is -0.113. The Balaban J connectivity index is 1.67. The van der Waals surface area contributed by atoms with E-state index in [4.69, 9.17) is 16.3 Å². The molecule has 3 aromatic rings. The predicted molar refractivity (Wildman–Crippen MR) is 110 cm³/mol. The van der Waals surface area contributed by atoms with E-state index in [-0.39, 0.29) is 16.8 Å². The number of thioether (sulfide) groups is 1. The highest BCUT2D eigenvalue weighted by atomic mass is 35.5. The monoisotopic (exact) mass is 417 g/mol. The number of methoxy groups -OCH3 is 1. The van der Waals surface area contributed by atoms with Crippen LogP contribution in [0.2, 0.25) is 5.15 Å². The fourth-order valence-electron chi connectivity index (χ4n) is 2.54. The minimum Gasteiger partial charge on any atom is -0.383 e. The molecule has 0 aliphatic rings. The van der Waals surface area contributed by atoms with Crippen molar-refractivity contribution in [2.75, 3.05) is 24.8 Å². The van der Waals surface area contributed by atoms with Gasteiger partial charge in [-0.15, -0.1) is 10.2 Å². The molecule has 28 heavy (non-hydrogen) atoms. The third kappa shape index (κ3) is 5.54. The van der Waals surface area contributed by atoms with Crippen LogP contribution in [0, 0.1) is 0 Å². The van der Waals surface area contributed by atoms with Crippen LogP contribution in [0.5, 0.6) is 0 Å². The first-order chi connectivity index (χ1) is 13.7. The Hall–Kier alpha value is -2.42. The zero-order chi connectivity index (χ0) is 19.8. The molecule has 7 nitrogen and oxygen atoms in total. The number of carbonyl (C=O) groups excluding carboxylic acids is 1. The van der Waals surface area contributed by atoms with Crippen LogP contribution in [-0.4, -0.2) is 45.1 Å². The van der Waals surface area contributed by atoms with E-state index in [2.05, 4.69) is 20.5 Å². The summed E-state index contributed by atoms with van der Waals surface area (Å²) in [6.45, 7) is 1.15. The molecular weight excluding hydrogens is 398 g/mol. The van der Waals surface area contributed by atoms with Crippen molar-refractivity contribution < 1.29 is 9.53 Å². The number of carbonyl (C=O) groups is 1. The minimum absolute atomic E-state index is 0.182. The number of nitrogens with one attached hydrogen (secondary N) is 1. The van der Waals surface area contributed by atoms with Crippen molar-refractivity contribution in [2.45, 2.75) is 18.1 Å². The molecule has 0 radical (unpaired) electrons. The Kier molecular flexibility index (Phi) is 7.41. The van der Waals surface area contributed by atoms with Gasteiger partial charge in [0.05, 0.1) is 18.0 Å². The summed E-state index contributed by atoms with van der Waals surface area (Å²) in [5, 5.41) is 12.3. The lowest BCUT2D eigenvalue weighted by Gasteiger charge is -2.10. The number of aromatic nitrogens is 4. The molecule has 1 amide bonds. The van der Waals surface area contributed by atoms with Gasteiger partial charge in [0.1, 0.15) is 5.82 Å². The van der Waals surface area contributed by atoms with Crippen molar-refractivity contribution in [3.8, 4) is 0 Å². The summed E-state index contributed by atoms with van der Waals surface area (Å²) in [6.07, 6.45) is 2.23. The fraction of sp³-hybridized carbons (Fsp3) is 0.263. The summed E-state index contributed by atoms with van der Waals surface area (Å²) in [5.74, 6) is 0.828. The molecule has 0 bridgehead atoms. The van der Waals surface area contributed by atoms with Gasteiger partial charge in [-0.05, 0) is 17.7 Å². The van der Waals surface area contributed by atoms with Gasteiger partial charge in [-0.3, -0.25) is 4.79 Å². The fourth-order valence-corrected chi connectivity index (χ4v) is 3.49. The summed E-state index contributed by atoms with van der Waals surface area (Å²) in [5.41, 5.74) is 1.63. The van der Waals surface area contributed by atoms with Crippen molar-refractivity contribution in [1.82, 2.24) is 19.7 Å². The van der Waals surface area contributed by atoms with E-state index >= 15 is 0 Å². The third-order valence-corrected chi connectivity index (χ3v) is 5.15. The molecule has 146 valence electrons. The van der Waals surface area contributed by atoms with Gasteiger partial charge in [-0.25, -0.2) is 4.98 Å². The standard InChI is InChI=1S/C19H20ClN5O2S/c1-27-11-10-25-16(12-14-6-3-2-4-7-14)23-24-19(25)28-13-17(26)22-15-8-5-9-21-18(15)20/h2-9H,10-13H2,1H3,(H,22,26). The summed E-state index contributed by atoms with van der Waals surface area (Å²) >= 11 is 7.30. The van der Waals surface area contributed by atoms with Gasteiger partial charge in [-0.1, -0.05) is 53.7 Å². The minimum atomic E-state index is -0.189. The van der Waals surface area contributed by atoms with Crippen LogP contribution in [0.1, 0.15) is 11.4 Å². The zero-order valence-electron chi connectivity index (χ0n) is 15.3. The molecule has 1 N–H and O–H groups in total. The van der Waals surface area contributed by atoms with Crippen LogP contribution in [0.4, 0.5) is 5.69 Å². The first-order valence-electron chi connectivity index (χ1n) is 8.65. The molecule has 0 atom stereocenters. The molecule has 0 saturated heterocycles. The summed E-state index contributed by atoms with van der Waals surface area (Å²) in [4.78, 5) is 16.2. The lowest BCUT2D eigenvalue weighted by Crippen LogP contribution is -2.16. The third-order valence-electron chi connectivity index (χ3n) is 3.88. The number of benzene rings is 1. The molecule has 1 aromatic carbocycles. The van der Waals surface area contributed by atoms with Crippen molar-refractivity contribution >= 4 is 35.0 Å². The Bertz CT molecular complexity index is 920. The zero-order valence-corrected chi connectivity index (χ0v) is 16.9. The maximum atomic E-state index is 12.3. The van der Waals surface area contributed by atoms with Gasteiger partial charge in [0.25, 0.3) is 0 Å². The molecule has 3 rings (SSSR count). The van der Waals surface area contributed by atoms with Crippen LogP contribution < -0.4 is 5.32 Å². The topological polar surface area (TPSA) is 81.9 Å². The van der Waals surface area contributed by atoms with Crippen molar-refractivity contribution in [1.29, 1.82) is 0 Å². The maximum absolute atomic E-state index is 12.3. The molecule has 2 heterocycles. The van der Waals surface area contributed by atoms with E-state index in [1.165, 1.54) is 11.8 Å². The van der Waals surface area contributed by atoms with Crippen LogP contribution in [0.3, 0.4) is 0 Å². The number of nitrogens with zero attached hydrogens (tertiary/aromatic N) is 4. The first kappa shape index (κ1) is 20.3. The average Bonchev–Trinajstić information content (AvgIpc) is 3.08. The van der Waals surface area contributed by atoms with Crippen LogP contribution in [0.25, 0.3) is 0 Å². The predicted octanol–water partition coefficient (Wildman–Crippen LogP) is 3.29. The SMILES string of the molecule is COCCn1c(Cc2ccccc2)nnc1SCC(=O)Nc1cccnc1Cl. The van der Waals surface area contributed by atoms with E-state index in [1.54, 1.807) is 25.4 Å². The lowest BCUT2D eigenvalue weighted by atomic mass is 10.1.